The molecule has 27 heavy (non-hydrogen) atoms. The number of nitrogens with zero attached hydrogens (tertiary/aromatic N) is 3. The number of likely N-dealkylation sites (tertiary alicyclic amines) is 1. The molecule has 3 heterocycles. The van der Waals surface area contributed by atoms with E-state index in [4.69, 9.17) is 21.1 Å². The second kappa shape index (κ2) is 8.12. The molecule has 4 rings (SSSR count). The van der Waals surface area contributed by atoms with Crippen LogP contribution in [0.15, 0.2) is 18.2 Å². The summed E-state index contributed by atoms with van der Waals surface area (Å²) in [5, 5.41) is 5.24. The SMILES string of the molecule is CN(C)c1nc(Cl)c(CN2CCC[C@@H](Nc3ccc4c(c3)OCCO4)C2)s1. The van der Waals surface area contributed by atoms with Gasteiger partial charge in [0.1, 0.15) is 18.4 Å². The summed E-state index contributed by atoms with van der Waals surface area (Å²) < 4.78 is 11.3. The molecule has 1 N–H and O–H groups in total. The Balaban J connectivity index is 1.38. The predicted molar refractivity (Wildman–Crippen MR) is 111 cm³/mol. The number of fused-ring (bicyclic) bond motifs is 1. The van der Waals surface area contributed by atoms with Crippen LogP contribution >= 0.6 is 22.9 Å². The van der Waals surface area contributed by atoms with Gasteiger partial charge in [-0.2, -0.15) is 0 Å². The second-order valence-electron chi connectivity index (χ2n) is 7.18. The quantitative estimate of drug-likeness (QED) is 0.813. The highest BCUT2D eigenvalue weighted by Crippen LogP contribution is 2.34. The van der Waals surface area contributed by atoms with Crippen LogP contribution in [-0.4, -0.2) is 56.3 Å². The number of anilines is 2. The lowest BCUT2D eigenvalue weighted by Gasteiger charge is -2.33. The fraction of sp³-hybridized carbons (Fsp3) is 0.526. The molecule has 146 valence electrons. The van der Waals surface area contributed by atoms with Gasteiger partial charge in [-0.05, 0) is 31.5 Å². The van der Waals surface area contributed by atoms with Crippen LogP contribution in [0.3, 0.4) is 0 Å². The first-order chi connectivity index (χ1) is 13.1. The van der Waals surface area contributed by atoms with Gasteiger partial charge in [-0.25, -0.2) is 4.98 Å². The molecule has 0 bridgehead atoms. The minimum Gasteiger partial charge on any atom is -0.486 e. The summed E-state index contributed by atoms with van der Waals surface area (Å²) in [4.78, 5) is 10.0. The minimum absolute atomic E-state index is 0.404. The summed E-state index contributed by atoms with van der Waals surface area (Å²) >= 11 is 8.02. The van der Waals surface area contributed by atoms with Gasteiger partial charge in [0, 0.05) is 45.0 Å². The summed E-state index contributed by atoms with van der Waals surface area (Å²) in [5.74, 6) is 1.65. The van der Waals surface area contributed by atoms with Crippen molar-refractivity contribution in [3.8, 4) is 11.5 Å². The van der Waals surface area contributed by atoms with E-state index < -0.39 is 0 Å². The molecule has 2 aromatic rings. The molecule has 1 atom stereocenters. The van der Waals surface area contributed by atoms with E-state index in [1.165, 1.54) is 6.42 Å². The maximum atomic E-state index is 6.35. The second-order valence-corrected chi connectivity index (χ2v) is 8.60. The van der Waals surface area contributed by atoms with Crippen LogP contribution in [0.2, 0.25) is 5.15 Å². The highest BCUT2D eigenvalue weighted by Gasteiger charge is 2.23. The molecule has 1 aromatic carbocycles. The summed E-state index contributed by atoms with van der Waals surface area (Å²) in [5.41, 5.74) is 1.08. The van der Waals surface area contributed by atoms with Crippen molar-refractivity contribution in [1.29, 1.82) is 0 Å². The average Bonchev–Trinajstić information content (AvgIpc) is 3.03. The van der Waals surface area contributed by atoms with Crippen molar-refractivity contribution in [3.05, 3.63) is 28.2 Å². The molecule has 2 aliphatic rings. The van der Waals surface area contributed by atoms with Gasteiger partial charge in [0.2, 0.25) is 0 Å². The third-order valence-electron chi connectivity index (χ3n) is 4.81. The first kappa shape index (κ1) is 18.7. The van der Waals surface area contributed by atoms with Crippen molar-refractivity contribution >= 4 is 33.8 Å². The molecule has 0 unspecified atom stereocenters. The largest absolute Gasteiger partial charge is 0.486 e. The molecule has 1 saturated heterocycles. The van der Waals surface area contributed by atoms with Gasteiger partial charge >= 0.3 is 0 Å². The number of piperidine rings is 1. The molecule has 0 amide bonds. The van der Waals surface area contributed by atoms with E-state index in [-0.39, 0.29) is 0 Å². The van der Waals surface area contributed by atoms with Crippen LogP contribution in [0.1, 0.15) is 17.7 Å². The van der Waals surface area contributed by atoms with E-state index in [9.17, 15) is 0 Å². The molecule has 1 fully saturated rings. The molecule has 8 heteroatoms. The van der Waals surface area contributed by atoms with Gasteiger partial charge in [0.25, 0.3) is 0 Å². The first-order valence-electron chi connectivity index (χ1n) is 9.29. The molecule has 0 radical (unpaired) electrons. The zero-order valence-electron chi connectivity index (χ0n) is 15.7. The standard InChI is InChI=1S/C19H25ClN4O2S/c1-23(2)19-22-18(20)17(27-19)12-24-7-3-4-14(11-24)21-13-5-6-15-16(10-13)26-9-8-25-15/h5-6,10,14,21H,3-4,7-9,11-12H2,1-2H3/t14-/m1/s1. The number of hydrogen-bond donors (Lipinski definition) is 1. The van der Waals surface area contributed by atoms with Gasteiger partial charge in [-0.15, -0.1) is 0 Å². The number of aromatic nitrogens is 1. The van der Waals surface area contributed by atoms with E-state index in [2.05, 4.69) is 21.3 Å². The Kier molecular flexibility index (Phi) is 5.61. The monoisotopic (exact) mass is 408 g/mol. The molecule has 0 spiro atoms. The lowest BCUT2D eigenvalue weighted by Crippen LogP contribution is -2.41. The fourth-order valence-electron chi connectivity index (χ4n) is 3.50. The Morgan fingerprint density at radius 2 is 2.11 bits per heavy atom. The smallest absolute Gasteiger partial charge is 0.186 e. The predicted octanol–water partition coefficient (Wildman–Crippen LogP) is 3.71. The van der Waals surface area contributed by atoms with Gasteiger partial charge in [-0.1, -0.05) is 22.9 Å². The summed E-state index contributed by atoms with van der Waals surface area (Å²) in [6.07, 6.45) is 2.32. The molecule has 6 nitrogen and oxygen atoms in total. The van der Waals surface area contributed by atoms with Crippen molar-refractivity contribution in [2.45, 2.75) is 25.4 Å². The number of hydrogen-bond acceptors (Lipinski definition) is 7. The minimum atomic E-state index is 0.404. The van der Waals surface area contributed by atoms with E-state index in [1.807, 2.05) is 31.1 Å². The molecular weight excluding hydrogens is 384 g/mol. The fourth-order valence-corrected chi connectivity index (χ4v) is 4.72. The third kappa shape index (κ3) is 4.42. The van der Waals surface area contributed by atoms with E-state index in [1.54, 1.807) is 11.3 Å². The van der Waals surface area contributed by atoms with Gasteiger partial charge < -0.3 is 19.7 Å². The van der Waals surface area contributed by atoms with Crippen molar-refractivity contribution in [1.82, 2.24) is 9.88 Å². The Bertz CT molecular complexity index is 798. The first-order valence-corrected chi connectivity index (χ1v) is 10.5. The van der Waals surface area contributed by atoms with Crippen LogP contribution in [0, 0.1) is 0 Å². The lowest BCUT2D eigenvalue weighted by molar-refractivity contribution is 0.171. The van der Waals surface area contributed by atoms with Crippen molar-refractivity contribution in [2.24, 2.45) is 0 Å². The molecule has 0 aliphatic carbocycles. The van der Waals surface area contributed by atoms with Gasteiger partial charge in [0.15, 0.2) is 16.6 Å². The average molecular weight is 409 g/mol. The van der Waals surface area contributed by atoms with E-state index >= 15 is 0 Å². The number of nitrogens with one attached hydrogen (secondary N) is 1. The molecule has 0 saturated carbocycles. The van der Waals surface area contributed by atoms with E-state index in [0.29, 0.717) is 24.4 Å². The Labute approximate surface area is 169 Å². The number of rotatable bonds is 5. The maximum absolute atomic E-state index is 6.35. The summed E-state index contributed by atoms with van der Waals surface area (Å²) in [7, 11) is 3.99. The Morgan fingerprint density at radius 1 is 1.30 bits per heavy atom. The normalized spacial score (nSPS) is 19.7. The number of benzene rings is 1. The number of halogens is 1. The van der Waals surface area contributed by atoms with Gasteiger partial charge in [-0.3, -0.25) is 4.90 Å². The molecule has 2 aliphatic heterocycles. The van der Waals surface area contributed by atoms with Crippen molar-refractivity contribution in [2.75, 3.05) is 50.6 Å². The maximum Gasteiger partial charge on any atom is 0.186 e. The Hall–Kier alpha value is -1.70. The number of thiazole rings is 1. The summed E-state index contributed by atoms with van der Waals surface area (Å²) in [6.45, 7) is 4.15. The lowest BCUT2D eigenvalue weighted by atomic mass is 10.1. The van der Waals surface area contributed by atoms with Crippen LogP contribution in [0.25, 0.3) is 0 Å². The highest BCUT2D eigenvalue weighted by molar-refractivity contribution is 7.16. The molecule has 1 aromatic heterocycles. The summed E-state index contributed by atoms with van der Waals surface area (Å²) in [6, 6.07) is 6.49. The number of ether oxygens (including phenoxy) is 2. The van der Waals surface area contributed by atoms with E-state index in [0.717, 1.165) is 53.3 Å². The van der Waals surface area contributed by atoms with Crippen LogP contribution in [0.4, 0.5) is 10.8 Å². The van der Waals surface area contributed by atoms with Gasteiger partial charge in [0.05, 0.1) is 4.88 Å². The zero-order chi connectivity index (χ0) is 18.8. The van der Waals surface area contributed by atoms with Crippen molar-refractivity contribution in [3.63, 3.8) is 0 Å². The van der Waals surface area contributed by atoms with Crippen LogP contribution in [0.5, 0.6) is 11.5 Å². The Morgan fingerprint density at radius 3 is 2.89 bits per heavy atom. The van der Waals surface area contributed by atoms with Crippen LogP contribution in [-0.2, 0) is 6.54 Å². The van der Waals surface area contributed by atoms with Crippen molar-refractivity contribution < 1.29 is 9.47 Å². The topological polar surface area (TPSA) is 49.9 Å². The highest BCUT2D eigenvalue weighted by atomic mass is 35.5. The zero-order valence-corrected chi connectivity index (χ0v) is 17.3. The van der Waals surface area contributed by atoms with Crippen LogP contribution < -0.4 is 19.7 Å². The molecular formula is C19H25ClN4O2S. The third-order valence-corrected chi connectivity index (χ3v) is 6.44.